The smallest absolute Gasteiger partial charge is 0.268 e. The van der Waals surface area contributed by atoms with Gasteiger partial charge in [-0.3, -0.25) is 14.4 Å². The summed E-state index contributed by atoms with van der Waals surface area (Å²) < 4.78 is 1.72. The van der Waals surface area contributed by atoms with E-state index >= 15 is 0 Å². The highest BCUT2D eigenvalue weighted by molar-refractivity contribution is 7.12. The van der Waals surface area contributed by atoms with Gasteiger partial charge in [0.05, 0.1) is 11.4 Å². The van der Waals surface area contributed by atoms with Crippen LogP contribution in [0.3, 0.4) is 0 Å². The maximum atomic E-state index is 12.6. The Morgan fingerprint density at radius 1 is 1.26 bits per heavy atom. The summed E-state index contributed by atoms with van der Waals surface area (Å²) in [6.45, 7) is 1.81. The van der Waals surface area contributed by atoms with Crippen LogP contribution in [0.4, 0.5) is 0 Å². The van der Waals surface area contributed by atoms with Crippen LogP contribution in [-0.2, 0) is 6.54 Å². The first-order valence-electron chi connectivity index (χ1n) is 8.79. The molecule has 0 bridgehead atoms. The Morgan fingerprint density at radius 2 is 1.96 bits per heavy atom. The number of aromatic nitrogens is 1. The molecule has 1 aliphatic carbocycles. The van der Waals surface area contributed by atoms with Gasteiger partial charge in [-0.2, -0.15) is 0 Å². The lowest BCUT2D eigenvalue weighted by Crippen LogP contribution is -2.48. The Morgan fingerprint density at radius 3 is 2.59 bits per heavy atom. The van der Waals surface area contributed by atoms with Crippen molar-refractivity contribution in [1.82, 2.24) is 15.2 Å². The van der Waals surface area contributed by atoms with E-state index in [2.05, 4.69) is 16.6 Å². The van der Waals surface area contributed by atoms with Crippen molar-refractivity contribution >= 4 is 28.9 Å². The van der Waals surface area contributed by atoms with Gasteiger partial charge in [-0.1, -0.05) is 5.92 Å². The van der Waals surface area contributed by atoms with Crippen molar-refractivity contribution in [2.45, 2.75) is 44.8 Å². The molecule has 1 saturated carbocycles. The first-order chi connectivity index (χ1) is 13.0. The van der Waals surface area contributed by atoms with E-state index in [4.69, 9.17) is 6.42 Å². The van der Waals surface area contributed by atoms with Crippen molar-refractivity contribution in [3.05, 3.63) is 45.9 Å². The first-order valence-corrected chi connectivity index (χ1v) is 9.67. The molecule has 0 unspecified atom stereocenters. The summed E-state index contributed by atoms with van der Waals surface area (Å²) >= 11 is 1.25. The van der Waals surface area contributed by atoms with Crippen LogP contribution in [0.25, 0.3) is 0 Å². The second kappa shape index (κ2) is 8.23. The van der Waals surface area contributed by atoms with Crippen LogP contribution >= 0.6 is 11.3 Å². The third kappa shape index (κ3) is 4.29. The molecule has 3 rings (SSSR count). The number of hydrogen-bond donors (Lipinski definition) is 2. The number of carbonyl (C=O) groups is 3. The Bertz CT molecular complexity index is 906. The molecule has 0 radical (unpaired) electrons. The van der Waals surface area contributed by atoms with Gasteiger partial charge in [-0.25, -0.2) is 0 Å². The molecule has 0 saturated heterocycles. The number of ketones is 1. The van der Waals surface area contributed by atoms with E-state index in [-0.39, 0.29) is 29.7 Å². The van der Waals surface area contributed by atoms with E-state index in [0.29, 0.717) is 22.7 Å². The number of terminal acetylenes is 1. The third-order valence-electron chi connectivity index (χ3n) is 4.70. The molecule has 2 N–H and O–H groups in total. The van der Waals surface area contributed by atoms with Gasteiger partial charge >= 0.3 is 0 Å². The van der Waals surface area contributed by atoms with Crippen LogP contribution in [0.5, 0.6) is 0 Å². The van der Waals surface area contributed by atoms with E-state index in [1.807, 2.05) is 0 Å². The highest BCUT2D eigenvalue weighted by Gasteiger charge is 2.31. The number of amides is 2. The van der Waals surface area contributed by atoms with Crippen molar-refractivity contribution in [1.29, 1.82) is 0 Å². The van der Waals surface area contributed by atoms with Crippen molar-refractivity contribution in [3.63, 3.8) is 0 Å². The molecule has 140 valence electrons. The molecular weight excluding hydrogens is 362 g/mol. The normalized spacial score (nSPS) is 18.7. The molecule has 2 atom stereocenters. The number of hydrogen-bond acceptors (Lipinski definition) is 4. The topological polar surface area (TPSA) is 80.2 Å². The number of Topliss-reactive ketones (excluding diaryl/α,β-unsaturated/α-hetero) is 1. The van der Waals surface area contributed by atoms with Crippen LogP contribution in [0.1, 0.15) is 56.7 Å². The van der Waals surface area contributed by atoms with E-state index in [1.54, 1.807) is 34.3 Å². The minimum Gasteiger partial charge on any atom is -0.347 e. The van der Waals surface area contributed by atoms with Crippen LogP contribution in [0, 0.1) is 12.3 Å². The monoisotopic (exact) mass is 383 g/mol. The lowest BCUT2D eigenvalue weighted by atomic mass is 10.1. The second-order valence-electron chi connectivity index (χ2n) is 6.57. The zero-order valence-electron chi connectivity index (χ0n) is 15.0. The van der Waals surface area contributed by atoms with Crippen molar-refractivity contribution in [2.24, 2.45) is 0 Å². The first kappa shape index (κ1) is 18.9. The molecule has 0 aromatic carbocycles. The van der Waals surface area contributed by atoms with Crippen molar-refractivity contribution in [2.75, 3.05) is 0 Å². The summed E-state index contributed by atoms with van der Waals surface area (Å²) in [5.74, 6) is 2.05. The number of carbonyl (C=O) groups excluding carboxylic acids is 3. The molecule has 1 fully saturated rings. The zero-order chi connectivity index (χ0) is 19.4. The predicted octanol–water partition coefficient (Wildman–Crippen LogP) is 2.47. The Hall–Kier alpha value is -2.85. The number of thiophene rings is 1. The van der Waals surface area contributed by atoms with Gasteiger partial charge in [0.25, 0.3) is 11.8 Å². The molecule has 2 aromatic heterocycles. The predicted molar refractivity (Wildman–Crippen MR) is 104 cm³/mol. The minimum atomic E-state index is -0.214. The standard InChI is InChI=1S/C20H21N3O3S/c1-3-9-23-10-5-8-17(23)19(25)21-15-6-4-7-16(15)22-20(26)18-11-14(12-27-18)13(2)24/h1,5,8,10-12,15-16H,4,6-7,9H2,2H3,(H,21,25)(H,22,26)/t15-,16-/m0/s1. The van der Waals surface area contributed by atoms with Gasteiger partial charge in [0, 0.05) is 29.2 Å². The Balaban J connectivity index is 1.63. The molecule has 0 aliphatic heterocycles. The minimum absolute atomic E-state index is 0.0636. The van der Waals surface area contributed by atoms with Gasteiger partial charge in [0.2, 0.25) is 0 Å². The highest BCUT2D eigenvalue weighted by atomic mass is 32.1. The van der Waals surface area contributed by atoms with Crippen LogP contribution < -0.4 is 10.6 Å². The molecule has 7 heteroatoms. The van der Waals surface area contributed by atoms with E-state index in [0.717, 1.165) is 19.3 Å². The fraction of sp³-hybridized carbons (Fsp3) is 0.350. The maximum Gasteiger partial charge on any atom is 0.268 e. The van der Waals surface area contributed by atoms with Crippen molar-refractivity contribution < 1.29 is 14.4 Å². The summed E-state index contributed by atoms with van der Waals surface area (Å²) in [6, 6.07) is 4.84. The fourth-order valence-corrected chi connectivity index (χ4v) is 4.13. The van der Waals surface area contributed by atoms with Crippen LogP contribution in [0.2, 0.25) is 0 Å². The van der Waals surface area contributed by atoms with Crippen LogP contribution in [-0.4, -0.2) is 34.2 Å². The molecule has 2 aromatic rings. The number of nitrogens with zero attached hydrogens (tertiary/aromatic N) is 1. The molecular formula is C20H21N3O3S. The van der Waals surface area contributed by atoms with Crippen molar-refractivity contribution in [3.8, 4) is 12.3 Å². The second-order valence-corrected chi connectivity index (χ2v) is 7.48. The summed E-state index contributed by atoms with van der Waals surface area (Å²) in [6.07, 6.45) is 9.63. The average Bonchev–Trinajstić information content (AvgIpc) is 3.36. The zero-order valence-corrected chi connectivity index (χ0v) is 15.8. The summed E-state index contributed by atoms with van der Waals surface area (Å²) in [7, 11) is 0. The third-order valence-corrected chi connectivity index (χ3v) is 5.63. The summed E-state index contributed by atoms with van der Waals surface area (Å²) in [4.78, 5) is 37.0. The Labute approximate surface area is 162 Å². The molecule has 1 aliphatic rings. The molecule has 2 heterocycles. The van der Waals surface area contributed by atoms with Gasteiger partial charge in [-0.15, -0.1) is 17.8 Å². The van der Waals surface area contributed by atoms with Gasteiger partial charge in [-0.05, 0) is 44.4 Å². The molecule has 27 heavy (non-hydrogen) atoms. The summed E-state index contributed by atoms with van der Waals surface area (Å²) in [5, 5.41) is 7.70. The number of nitrogens with one attached hydrogen (secondary N) is 2. The van der Waals surface area contributed by atoms with Gasteiger partial charge in [0.1, 0.15) is 5.69 Å². The Kier molecular flexibility index (Phi) is 5.77. The number of rotatable bonds is 6. The SMILES string of the molecule is C#CCn1cccc1C(=O)N[C@H]1CCC[C@@H]1NC(=O)c1cc(C(C)=O)cs1. The van der Waals surface area contributed by atoms with Gasteiger partial charge < -0.3 is 15.2 Å². The fourth-order valence-electron chi connectivity index (χ4n) is 3.28. The maximum absolute atomic E-state index is 12.6. The van der Waals surface area contributed by atoms with Gasteiger partial charge in [0.15, 0.2) is 5.78 Å². The average molecular weight is 383 g/mol. The van der Waals surface area contributed by atoms with E-state index in [9.17, 15) is 14.4 Å². The highest BCUT2D eigenvalue weighted by Crippen LogP contribution is 2.22. The van der Waals surface area contributed by atoms with Crippen LogP contribution in [0.15, 0.2) is 29.8 Å². The summed E-state index contributed by atoms with van der Waals surface area (Å²) in [5.41, 5.74) is 1.05. The lowest BCUT2D eigenvalue weighted by Gasteiger charge is -2.22. The lowest BCUT2D eigenvalue weighted by molar-refractivity contribution is 0.0889. The van der Waals surface area contributed by atoms with E-state index in [1.165, 1.54) is 18.3 Å². The molecule has 6 nitrogen and oxygen atoms in total. The quantitative estimate of drug-likeness (QED) is 0.594. The molecule has 2 amide bonds. The molecule has 0 spiro atoms. The van der Waals surface area contributed by atoms with E-state index < -0.39 is 0 Å². The largest absolute Gasteiger partial charge is 0.347 e.